The van der Waals surface area contributed by atoms with Crippen molar-refractivity contribution in [3.63, 3.8) is 0 Å². The quantitative estimate of drug-likeness (QED) is 0.870. The Kier molecular flexibility index (Phi) is 3.19. The molecule has 0 atom stereocenters. The molecule has 86 valence electrons. The maximum atomic E-state index is 4.24. The standard InChI is InChI=1S/C14H15N3/c1-10(2)14-13(9-16-17-14)7-6-12-5-4-11(3)15-8-12/h4-9H,1H2,2-3H3,(H,16,17)/b7-6+. The number of aromatic nitrogens is 3. The van der Waals surface area contributed by atoms with Crippen molar-refractivity contribution < 1.29 is 0 Å². The van der Waals surface area contributed by atoms with Gasteiger partial charge in [-0.05, 0) is 31.1 Å². The van der Waals surface area contributed by atoms with Crippen molar-refractivity contribution in [1.82, 2.24) is 15.2 Å². The average molecular weight is 225 g/mol. The third-order valence-corrected chi connectivity index (χ3v) is 2.49. The van der Waals surface area contributed by atoms with Crippen molar-refractivity contribution in [3.8, 4) is 0 Å². The van der Waals surface area contributed by atoms with E-state index in [2.05, 4.69) is 21.8 Å². The van der Waals surface area contributed by atoms with Crippen molar-refractivity contribution in [2.24, 2.45) is 0 Å². The van der Waals surface area contributed by atoms with Gasteiger partial charge in [-0.2, -0.15) is 5.10 Å². The van der Waals surface area contributed by atoms with E-state index in [4.69, 9.17) is 0 Å². The van der Waals surface area contributed by atoms with Crippen molar-refractivity contribution in [3.05, 3.63) is 53.6 Å². The Bertz CT molecular complexity index is 547. The van der Waals surface area contributed by atoms with Crippen LogP contribution in [0.3, 0.4) is 0 Å². The number of aryl methyl sites for hydroxylation is 1. The molecule has 0 saturated heterocycles. The monoisotopic (exact) mass is 225 g/mol. The molecule has 3 nitrogen and oxygen atoms in total. The number of nitrogens with zero attached hydrogens (tertiary/aromatic N) is 2. The van der Waals surface area contributed by atoms with Crippen LogP contribution in [0.15, 0.2) is 31.1 Å². The molecule has 0 amide bonds. The summed E-state index contributed by atoms with van der Waals surface area (Å²) in [7, 11) is 0. The molecule has 0 bridgehead atoms. The fourth-order valence-corrected chi connectivity index (χ4v) is 1.53. The van der Waals surface area contributed by atoms with Crippen LogP contribution >= 0.6 is 0 Å². The van der Waals surface area contributed by atoms with Gasteiger partial charge in [0.15, 0.2) is 0 Å². The fraction of sp³-hybridized carbons (Fsp3) is 0.143. The Balaban J connectivity index is 2.23. The topological polar surface area (TPSA) is 41.6 Å². The molecular weight excluding hydrogens is 210 g/mol. The zero-order chi connectivity index (χ0) is 12.3. The second-order valence-corrected chi connectivity index (χ2v) is 4.05. The Morgan fingerprint density at radius 3 is 2.76 bits per heavy atom. The highest BCUT2D eigenvalue weighted by Gasteiger charge is 2.01. The minimum atomic E-state index is 0.973. The molecule has 0 radical (unpaired) electrons. The van der Waals surface area contributed by atoms with Crippen LogP contribution < -0.4 is 0 Å². The number of rotatable bonds is 3. The van der Waals surface area contributed by atoms with Crippen LogP contribution in [0.1, 0.15) is 29.4 Å². The van der Waals surface area contributed by atoms with E-state index in [-0.39, 0.29) is 0 Å². The molecule has 0 saturated carbocycles. The highest BCUT2D eigenvalue weighted by molar-refractivity contribution is 5.76. The smallest absolute Gasteiger partial charge is 0.0673 e. The Morgan fingerprint density at radius 1 is 1.29 bits per heavy atom. The average Bonchev–Trinajstić information content (AvgIpc) is 2.76. The first-order valence-electron chi connectivity index (χ1n) is 5.47. The first-order valence-corrected chi connectivity index (χ1v) is 5.47. The molecule has 2 aromatic heterocycles. The predicted octanol–water partition coefficient (Wildman–Crippen LogP) is 3.32. The normalized spacial score (nSPS) is 10.9. The van der Waals surface area contributed by atoms with Crippen molar-refractivity contribution >= 4 is 17.7 Å². The van der Waals surface area contributed by atoms with Gasteiger partial charge < -0.3 is 0 Å². The van der Waals surface area contributed by atoms with Crippen LogP contribution in [0.25, 0.3) is 17.7 Å². The molecule has 3 heteroatoms. The van der Waals surface area contributed by atoms with Gasteiger partial charge in [0.1, 0.15) is 0 Å². The van der Waals surface area contributed by atoms with Gasteiger partial charge in [0.05, 0.1) is 11.9 Å². The van der Waals surface area contributed by atoms with Gasteiger partial charge in [-0.25, -0.2) is 0 Å². The van der Waals surface area contributed by atoms with Crippen LogP contribution in [0.4, 0.5) is 0 Å². The van der Waals surface area contributed by atoms with E-state index in [1.54, 1.807) is 6.20 Å². The lowest BCUT2D eigenvalue weighted by atomic mass is 10.1. The summed E-state index contributed by atoms with van der Waals surface area (Å²) in [5, 5.41) is 6.95. The predicted molar refractivity (Wildman–Crippen MR) is 71.2 cm³/mol. The first-order chi connectivity index (χ1) is 8.16. The van der Waals surface area contributed by atoms with E-state index in [0.29, 0.717) is 0 Å². The fourth-order valence-electron chi connectivity index (χ4n) is 1.53. The number of H-pyrrole nitrogens is 1. The Labute approximate surface area is 101 Å². The maximum Gasteiger partial charge on any atom is 0.0673 e. The molecule has 2 aromatic rings. The van der Waals surface area contributed by atoms with E-state index >= 15 is 0 Å². The number of aromatic amines is 1. The summed E-state index contributed by atoms with van der Waals surface area (Å²) in [6.07, 6.45) is 7.68. The van der Waals surface area contributed by atoms with Crippen LogP contribution in [-0.4, -0.2) is 15.2 Å². The second kappa shape index (κ2) is 4.78. The number of allylic oxidation sites excluding steroid dienone is 1. The largest absolute Gasteiger partial charge is 0.278 e. The molecule has 0 fully saturated rings. The summed E-state index contributed by atoms with van der Waals surface area (Å²) < 4.78 is 0. The Morgan fingerprint density at radius 2 is 2.12 bits per heavy atom. The maximum absolute atomic E-state index is 4.24. The van der Waals surface area contributed by atoms with Gasteiger partial charge in [0.2, 0.25) is 0 Å². The van der Waals surface area contributed by atoms with Crippen LogP contribution in [0, 0.1) is 6.92 Å². The third kappa shape index (κ3) is 2.69. The number of hydrogen-bond acceptors (Lipinski definition) is 2. The number of hydrogen-bond donors (Lipinski definition) is 1. The van der Waals surface area contributed by atoms with Crippen LogP contribution in [0.5, 0.6) is 0 Å². The summed E-state index contributed by atoms with van der Waals surface area (Å²) >= 11 is 0. The lowest BCUT2D eigenvalue weighted by Gasteiger charge is -1.97. The molecule has 17 heavy (non-hydrogen) atoms. The summed E-state index contributed by atoms with van der Waals surface area (Å²) in [4.78, 5) is 4.24. The lowest BCUT2D eigenvalue weighted by molar-refractivity contribution is 1.07. The zero-order valence-corrected chi connectivity index (χ0v) is 10.1. The molecule has 0 aromatic carbocycles. The van der Waals surface area contributed by atoms with E-state index in [1.165, 1.54) is 0 Å². The van der Waals surface area contributed by atoms with Gasteiger partial charge in [-0.15, -0.1) is 0 Å². The molecule has 0 unspecified atom stereocenters. The number of nitrogens with one attached hydrogen (secondary N) is 1. The highest BCUT2D eigenvalue weighted by atomic mass is 15.1. The molecule has 0 aliphatic heterocycles. The van der Waals surface area contributed by atoms with Crippen molar-refractivity contribution in [1.29, 1.82) is 0 Å². The summed E-state index contributed by atoms with van der Waals surface area (Å²) in [6.45, 7) is 7.84. The van der Waals surface area contributed by atoms with E-state index in [1.807, 2.05) is 44.3 Å². The SMILES string of the molecule is C=C(C)c1[nH]ncc1/C=C/c1ccc(C)nc1. The lowest BCUT2D eigenvalue weighted by Crippen LogP contribution is -1.82. The van der Waals surface area contributed by atoms with Crippen molar-refractivity contribution in [2.45, 2.75) is 13.8 Å². The Hall–Kier alpha value is -2.16. The van der Waals surface area contributed by atoms with E-state index < -0.39 is 0 Å². The van der Waals surface area contributed by atoms with Crippen molar-refractivity contribution in [2.75, 3.05) is 0 Å². The van der Waals surface area contributed by atoms with Crippen LogP contribution in [0.2, 0.25) is 0 Å². The third-order valence-electron chi connectivity index (χ3n) is 2.49. The van der Waals surface area contributed by atoms with Gasteiger partial charge in [-0.1, -0.05) is 24.8 Å². The summed E-state index contributed by atoms with van der Waals surface area (Å²) in [5.74, 6) is 0. The van der Waals surface area contributed by atoms with Gasteiger partial charge in [-0.3, -0.25) is 10.1 Å². The molecule has 0 aliphatic rings. The molecule has 2 rings (SSSR count). The molecule has 0 spiro atoms. The second-order valence-electron chi connectivity index (χ2n) is 4.05. The summed E-state index contributed by atoms with van der Waals surface area (Å²) in [5.41, 5.74) is 5.08. The van der Waals surface area contributed by atoms with Crippen LogP contribution in [-0.2, 0) is 0 Å². The van der Waals surface area contributed by atoms with E-state index in [0.717, 1.165) is 28.1 Å². The van der Waals surface area contributed by atoms with Gasteiger partial charge >= 0.3 is 0 Å². The van der Waals surface area contributed by atoms with E-state index in [9.17, 15) is 0 Å². The molecule has 2 heterocycles. The highest BCUT2D eigenvalue weighted by Crippen LogP contribution is 2.16. The zero-order valence-electron chi connectivity index (χ0n) is 10.1. The van der Waals surface area contributed by atoms with Gasteiger partial charge in [0.25, 0.3) is 0 Å². The van der Waals surface area contributed by atoms with Gasteiger partial charge in [0, 0.05) is 17.5 Å². The molecular formula is C14H15N3. The number of pyridine rings is 1. The molecule has 1 N–H and O–H groups in total. The minimum Gasteiger partial charge on any atom is -0.278 e. The first kappa shape index (κ1) is 11.3. The molecule has 0 aliphatic carbocycles. The summed E-state index contributed by atoms with van der Waals surface area (Å²) in [6, 6.07) is 4.04. The minimum absolute atomic E-state index is 0.973.